The van der Waals surface area contributed by atoms with Crippen molar-refractivity contribution >= 4 is 11.9 Å². The van der Waals surface area contributed by atoms with Gasteiger partial charge in [-0.2, -0.15) is 0 Å². The Labute approximate surface area is 157 Å². The second kappa shape index (κ2) is 8.15. The van der Waals surface area contributed by atoms with Crippen molar-refractivity contribution in [1.29, 1.82) is 0 Å². The summed E-state index contributed by atoms with van der Waals surface area (Å²) in [5.74, 6) is 3.92. The molecule has 4 aliphatic rings. The minimum atomic E-state index is -0.193. The maximum Gasteiger partial charge on any atom is 0.251 e. The Hall–Kier alpha value is -1.30. The van der Waals surface area contributed by atoms with Crippen molar-refractivity contribution in [2.45, 2.75) is 51.6 Å². The highest BCUT2D eigenvalue weighted by Gasteiger charge is 2.41. The van der Waals surface area contributed by atoms with Gasteiger partial charge in [0, 0.05) is 45.9 Å². The van der Waals surface area contributed by atoms with E-state index in [1.165, 1.54) is 25.7 Å². The van der Waals surface area contributed by atoms with Gasteiger partial charge >= 0.3 is 0 Å². The number of nitrogens with one attached hydrogen (secondary N) is 1. The number of hydrogen-bond donors (Lipinski definition) is 1. The monoisotopic (exact) mass is 362 g/mol. The number of ether oxygens (including phenoxy) is 1. The highest BCUT2D eigenvalue weighted by Crippen LogP contribution is 2.49. The zero-order valence-corrected chi connectivity index (χ0v) is 16.2. The van der Waals surface area contributed by atoms with Gasteiger partial charge in [0.05, 0.1) is 0 Å². The summed E-state index contributed by atoms with van der Waals surface area (Å²) in [6.07, 6.45) is 7.35. The fraction of sp³-hybridized carbons (Fsp3) is 0.900. The maximum atomic E-state index is 12.5. The van der Waals surface area contributed by atoms with Gasteiger partial charge in [-0.1, -0.05) is 0 Å². The van der Waals surface area contributed by atoms with Crippen LogP contribution in [-0.2, 0) is 9.53 Å². The lowest BCUT2D eigenvalue weighted by Gasteiger charge is -2.37. The first kappa shape index (κ1) is 18.1. The van der Waals surface area contributed by atoms with Crippen molar-refractivity contribution in [2.24, 2.45) is 22.7 Å². The van der Waals surface area contributed by atoms with Crippen LogP contribution in [0.2, 0.25) is 0 Å². The van der Waals surface area contributed by atoms with Crippen LogP contribution in [0.25, 0.3) is 0 Å². The molecule has 6 nitrogen and oxygen atoms in total. The van der Waals surface area contributed by atoms with E-state index in [9.17, 15) is 4.79 Å². The first-order chi connectivity index (χ1) is 12.8. The molecular weight excluding hydrogens is 328 g/mol. The Bertz CT molecular complexity index is 504. The number of carbonyl (C=O) groups excluding carboxylic acids is 1. The third-order valence-corrected chi connectivity index (χ3v) is 6.34. The van der Waals surface area contributed by atoms with E-state index in [1.54, 1.807) is 0 Å². The summed E-state index contributed by atoms with van der Waals surface area (Å²) in [5, 5.41) is 3.47. The van der Waals surface area contributed by atoms with Crippen molar-refractivity contribution in [3.63, 3.8) is 0 Å². The van der Waals surface area contributed by atoms with E-state index in [0.717, 1.165) is 82.4 Å². The summed E-state index contributed by atoms with van der Waals surface area (Å²) < 4.78 is 5.56. The largest absolute Gasteiger partial charge is 0.368 e. The molecule has 0 spiro atoms. The number of amides is 1. The van der Waals surface area contributed by atoms with E-state index in [4.69, 9.17) is 9.73 Å². The highest BCUT2D eigenvalue weighted by atomic mass is 16.5. The number of aliphatic imine (C=N–C) groups is 1. The fourth-order valence-corrected chi connectivity index (χ4v) is 4.46. The van der Waals surface area contributed by atoms with Gasteiger partial charge in [-0.25, -0.2) is 0 Å². The Morgan fingerprint density at radius 1 is 1.08 bits per heavy atom. The Kier molecular flexibility index (Phi) is 5.67. The number of rotatable bonds is 6. The second-order valence-electron chi connectivity index (χ2n) is 8.35. The summed E-state index contributed by atoms with van der Waals surface area (Å²) in [6, 6.07) is 0. The molecule has 1 amide bonds. The molecule has 0 aromatic carbocycles. The van der Waals surface area contributed by atoms with Gasteiger partial charge in [-0.05, 0) is 63.2 Å². The molecule has 0 bridgehead atoms. The lowest BCUT2D eigenvalue weighted by Crippen LogP contribution is -2.55. The zero-order chi connectivity index (χ0) is 17.9. The van der Waals surface area contributed by atoms with Gasteiger partial charge in [0.25, 0.3) is 5.91 Å². The molecule has 1 unspecified atom stereocenters. The summed E-state index contributed by atoms with van der Waals surface area (Å²) in [4.78, 5) is 21.8. The third-order valence-electron chi connectivity index (χ3n) is 6.34. The van der Waals surface area contributed by atoms with Crippen molar-refractivity contribution < 1.29 is 9.53 Å². The predicted octanol–water partition coefficient (Wildman–Crippen LogP) is 1.71. The summed E-state index contributed by atoms with van der Waals surface area (Å²) in [6.45, 7) is 8.01. The molecule has 2 aliphatic carbocycles. The Morgan fingerprint density at radius 3 is 2.27 bits per heavy atom. The molecular formula is C20H34N4O2. The first-order valence-corrected chi connectivity index (χ1v) is 10.7. The van der Waals surface area contributed by atoms with Crippen LogP contribution < -0.4 is 5.32 Å². The minimum absolute atomic E-state index is 0.187. The van der Waals surface area contributed by atoms with Gasteiger partial charge in [0.2, 0.25) is 0 Å². The van der Waals surface area contributed by atoms with E-state index in [0.29, 0.717) is 0 Å². The first-order valence-electron chi connectivity index (χ1n) is 10.7. The molecule has 2 heterocycles. The average molecular weight is 363 g/mol. The summed E-state index contributed by atoms with van der Waals surface area (Å²) in [7, 11) is 0. The fourth-order valence-electron chi connectivity index (χ4n) is 4.46. The van der Waals surface area contributed by atoms with Gasteiger partial charge in [0.1, 0.15) is 6.10 Å². The molecule has 0 radical (unpaired) electrons. The number of piperazine rings is 1. The number of hydrogen-bond acceptors (Lipinski definition) is 3. The maximum absolute atomic E-state index is 12.5. The summed E-state index contributed by atoms with van der Waals surface area (Å²) >= 11 is 0. The number of guanidine groups is 1. The van der Waals surface area contributed by atoms with Crippen LogP contribution in [0.3, 0.4) is 0 Å². The van der Waals surface area contributed by atoms with Crippen molar-refractivity contribution in [1.82, 2.24) is 15.1 Å². The van der Waals surface area contributed by atoms with Crippen molar-refractivity contribution in [3.8, 4) is 0 Å². The second-order valence-corrected chi connectivity index (χ2v) is 8.35. The van der Waals surface area contributed by atoms with E-state index < -0.39 is 0 Å². The smallest absolute Gasteiger partial charge is 0.251 e. The molecule has 0 aromatic rings. The molecule has 26 heavy (non-hydrogen) atoms. The lowest BCUT2D eigenvalue weighted by molar-refractivity contribution is -0.142. The van der Waals surface area contributed by atoms with E-state index >= 15 is 0 Å². The summed E-state index contributed by atoms with van der Waals surface area (Å²) in [5.41, 5.74) is 0. The standard InChI is InChI=1S/C20H34N4O2/c1-2-21-20(22-14-17(15-5-6-15)16-7-8-16)24-11-9-23(10-12-24)19(25)18-4-3-13-26-18/h15-18H,2-14H2,1H3,(H,21,22). The van der Waals surface area contributed by atoms with Crippen LogP contribution in [0.1, 0.15) is 45.4 Å². The van der Waals surface area contributed by atoms with Crippen molar-refractivity contribution in [3.05, 3.63) is 0 Å². The molecule has 146 valence electrons. The molecule has 4 rings (SSSR count). The minimum Gasteiger partial charge on any atom is -0.368 e. The van der Waals surface area contributed by atoms with Crippen LogP contribution in [0.5, 0.6) is 0 Å². The third kappa shape index (κ3) is 4.33. The average Bonchev–Trinajstić information content (AvgIpc) is 3.61. The van der Waals surface area contributed by atoms with Crippen LogP contribution >= 0.6 is 0 Å². The highest BCUT2D eigenvalue weighted by molar-refractivity contribution is 5.82. The lowest BCUT2D eigenvalue weighted by atomic mass is 9.98. The molecule has 0 aromatic heterocycles. The quantitative estimate of drug-likeness (QED) is 0.577. The van der Waals surface area contributed by atoms with E-state index in [2.05, 4.69) is 17.1 Å². The zero-order valence-electron chi connectivity index (χ0n) is 16.2. The number of nitrogens with zero attached hydrogens (tertiary/aromatic N) is 3. The van der Waals surface area contributed by atoms with Crippen molar-refractivity contribution in [2.75, 3.05) is 45.9 Å². The topological polar surface area (TPSA) is 57.2 Å². The van der Waals surface area contributed by atoms with Crippen LogP contribution in [-0.4, -0.2) is 73.6 Å². The van der Waals surface area contributed by atoms with Crippen LogP contribution in [0.15, 0.2) is 4.99 Å². The SMILES string of the molecule is CCNC(=NCC(C1CC1)C1CC1)N1CCN(C(=O)C2CCCO2)CC1. The van der Waals surface area contributed by atoms with Crippen LogP contribution in [0, 0.1) is 17.8 Å². The van der Waals surface area contributed by atoms with Gasteiger partial charge in [0.15, 0.2) is 5.96 Å². The predicted molar refractivity (Wildman–Crippen MR) is 102 cm³/mol. The Morgan fingerprint density at radius 2 is 1.73 bits per heavy atom. The Balaban J connectivity index is 1.31. The molecule has 1 N–H and O–H groups in total. The molecule has 4 fully saturated rings. The molecule has 1 atom stereocenters. The molecule has 2 saturated carbocycles. The van der Waals surface area contributed by atoms with E-state index in [1.807, 2.05) is 4.90 Å². The van der Waals surface area contributed by atoms with E-state index in [-0.39, 0.29) is 12.0 Å². The van der Waals surface area contributed by atoms with Crippen LogP contribution in [0.4, 0.5) is 0 Å². The van der Waals surface area contributed by atoms with Gasteiger partial charge in [-0.3, -0.25) is 9.79 Å². The number of carbonyl (C=O) groups is 1. The molecule has 2 aliphatic heterocycles. The molecule has 2 saturated heterocycles. The normalized spacial score (nSPS) is 27.3. The van der Waals surface area contributed by atoms with Gasteiger partial charge < -0.3 is 19.9 Å². The van der Waals surface area contributed by atoms with Gasteiger partial charge in [-0.15, -0.1) is 0 Å². The molecule has 6 heteroatoms.